The van der Waals surface area contributed by atoms with Gasteiger partial charge >= 0.3 is 0 Å². The molecule has 1 aromatic rings. The van der Waals surface area contributed by atoms with E-state index in [1.165, 1.54) is 12.8 Å². The molecule has 1 aliphatic rings. The third-order valence-electron chi connectivity index (χ3n) is 4.16. The largest absolute Gasteiger partial charge is 0.369 e. The molecule has 1 fully saturated rings. The average Bonchev–Trinajstić information content (AvgIpc) is 2.74. The summed E-state index contributed by atoms with van der Waals surface area (Å²) >= 11 is 0. The number of ether oxygens (including phenoxy) is 1. The van der Waals surface area contributed by atoms with E-state index in [0.29, 0.717) is 11.5 Å². The average molecular weight is 265 g/mol. The predicted octanol–water partition coefficient (Wildman–Crippen LogP) is 2.79. The van der Waals surface area contributed by atoms with Gasteiger partial charge in [0.1, 0.15) is 6.10 Å². The number of nitrogens with two attached hydrogens (primary N) is 1. The third-order valence-corrected chi connectivity index (χ3v) is 4.16. The first-order chi connectivity index (χ1) is 8.87. The molecule has 2 atom stereocenters. The topological polar surface area (TPSA) is 53.1 Å². The normalized spacial score (nSPS) is 23.2. The van der Waals surface area contributed by atoms with Crippen molar-refractivity contribution in [2.24, 2.45) is 18.2 Å². The predicted molar refractivity (Wildman–Crippen MR) is 76.7 cm³/mol. The van der Waals surface area contributed by atoms with Gasteiger partial charge in [0.15, 0.2) is 0 Å². The fraction of sp³-hybridized carbons (Fsp3) is 0.800. The van der Waals surface area contributed by atoms with Crippen molar-refractivity contribution in [2.75, 3.05) is 0 Å². The Morgan fingerprint density at radius 2 is 2.05 bits per heavy atom. The molecule has 0 aromatic carbocycles. The molecule has 2 N–H and O–H groups in total. The molecule has 0 saturated heterocycles. The van der Waals surface area contributed by atoms with Crippen molar-refractivity contribution in [2.45, 2.75) is 64.7 Å². The van der Waals surface area contributed by atoms with Gasteiger partial charge in [0.25, 0.3) is 0 Å². The molecule has 2 unspecified atom stereocenters. The molecular formula is C15H27N3O. The van der Waals surface area contributed by atoms with E-state index in [9.17, 15) is 0 Å². The van der Waals surface area contributed by atoms with Crippen molar-refractivity contribution >= 4 is 0 Å². The molecular weight excluding hydrogens is 238 g/mol. The van der Waals surface area contributed by atoms with E-state index in [4.69, 9.17) is 10.5 Å². The summed E-state index contributed by atoms with van der Waals surface area (Å²) in [5, 5.41) is 4.22. The van der Waals surface area contributed by atoms with Crippen LogP contribution in [0, 0.1) is 5.41 Å². The first-order valence-corrected chi connectivity index (χ1v) is 7.27. The van der Waals surface area contributed by atoms with Crippen LogP contribution in [0.2, 0.25) is 0 Å². The summed E-state index contributed by atoms with van der Waals surface area (Å²) in [5.74, 6) is 0. The summed E-state index contributed by atoms with van der Waals surface area (Å²) in [6.07, 6.45) is 8.89. The second-order valence-electron chi connectivity index (χ2n) is 6.73. The van der Waals surface area contributed by atoms with Gasteiger partial charge < -0.3 is 10.5 Å². The molecule has 0 bridgehead atoms. The maximum Gasteiger partial charge on any atom is 0.101 e. The van der Waals surface area contributed by atoms with E-state index in [0.717, 1.165) is 18.4 Å². The highest BCUT2D eigenvalue weighted by molar-refractivity contribution is 5.10. The Hall–Kier alpha value is -0.870. The van der Waals surface area contributed by atoms with E-state index in [-0.39, 0.29) is 12.1 Å². The van der Waals surface area contributed by atoms with Gasteiger partial charge in [-0.1, -0.05) is 13.8 Å². The Bertz CT molecular complexity index is 401. The number of rotatable bonds is 4. The van der Waals surface area contributed by atoms with Gasteiger partial charge in [-0.3, -0.25) is 4.68 Å². The smallest absolute Gasteiger partial charge is 0.101 e. The summed E-state index contributed by atoms with van der Waals surface area (Å²) in [6, 6.07) is -0.0147. The Balaban J connectivity index is 1.98. The Kier molecular flexibility index (Phi) is 4.31. The number of nitrogens with zero attached hydrogens (tertiary/aromatic N) is 2. The molecule has 4 heteroatoms. The van der Waals surface area contributed by atoms with Gasteiger partial charge in [-0.05, 0) is 38.0 Å². The van der Waals surface area contributed by atoms with Crippen LogP contribution < -0.4 is 5.73 Å². The summed E-state index contributed by atoms with van der Waals surface area (Å²) in [6.45, 7) is 6.69. The van der Waals surface area contributed by atoms with E-state index in [2.05, 4.69) is 18.9 Å². The van der Waals surface area contributed by atoms with Crippen molar-refractivity contribution in [3.63, 3.8) is 0 Å². The quantitative estimate of drug-likeness (QED) is 0.910. The first kappa shape index (κ1) is 14.5. The number of aryl methyl sites for hydroxylation is 1. The molecule has 1 aromatic heterocycles. The van der Waals surface area contributed by atoms with Crippen LogP contribution in [0.5, 0.6) is 0 Å². The lowest BCUT2D eigenvalue weighted by molar-refractivity contribution is -0.0549. The summed E-state index contributed by atoms with van der Waals surface area (Å²) in [5.41, 5.74) is 7.64. The highest BCUT2D eigenvalue weighted by Gasteiger charge is 2.30. The van der Waals surface area contributed by atoms with E-state index in [1.807, 2.05) is 26.4 Å². The fourth-order valence-electron chi connectivity index (χ4n) is 2.81. The summed E-state index contributed by atoms with van der Waals surface area (Å²) in [7, 11) is 1.92. The zero-order valence-electron chi connectivity index (χ0n) is 12.6. The van der Waals surface area contributed by atoms with Gasteiger partial charge in [0.05, 0.1) is 12.3 Å². The maximum atomic E-state index is 6.27. The van der Waals surface area contributed by atoms with Crippen LogP contribution in [0.15, 0.2) is 12.4 Å². The van der Waals surface area contributed by atoms with Crippen LogP contribution >= 0.6 is 0 Å². The molecule has 2 rings (SSSR count). The van der Waals surface area contributed by atoms with Gasteiger partial charge in [0.2, 0.25) is 0 Å². The molecule has 19 heavy (non-hydrogen) atoms. The van der Waals surface area contributed by atoms with Crippen molar-refractivity contribution in [1.29, 1.82) is 0 Å². The minimum Gasteiger partial charge on any atom is -0.369 e. The number of aromatic nitrogens is 2. The molecule has 1 saturated carbocycles. The number of hydrogen-bond acceptors (Lipinski definition) is 3. The fourth-order valence-corrected chi connectivity index (χ4v) is 2.81. The number of hydrogen-bond donors (Lipinski definition) is 1. The highest BCUT2D eigenvalue weighted by Crippen LogP contribution is 2.38. The minimum absolute atomic E-state index is 0.0147. The van der Waals surface area contributed by atoms with Crippen molar-refractivity contribution in [1.82, 2.24) is 9.78 Å². The van der Waals surface area contributed by atoms with Gasteiger partial charge in [-0.25, -0.2) is 0 Å². The molecule has 4 nitrogen and oxygen atoms in total. The Morgan fingerprint density at radius 3 is 2.53 bits per heavy atom. The molecule has 0 spiro atoms. The monoisotopic (exact) mass is 265 g/mol. The second kappa shape index (κ2) is 5.63. The van der Waals surface area contributed by atoms with E-state index in [1.54, 1.807) is 4.68 Å². The lowest BCUT2D eigenvalue weighted by Crippen LogP contribution is -2.33. The summed E-state index contributed by atoms with van der Waals surface area (Å²) in [4.78, 5) is 0. The lowest BCUT2D eigenvalue weighted by atomic mass is 9.76. The zero-order chi connectivity index (χ0) is 14.0. The lowest BCUT2D eigenvalue weighted by Gasteiger charge is -2.36. The van der Waals surface area contributed by atoms with E-state index >= 15 is 0 Å². The van der Waals surface area contributed by atoms with Crippen molar-refractivity contribution in [3.05, 3.63) is 18.0 Å². The van der Waals surface area contributed by atoms with Crippen molar-refractivity contribution < 1.29 is 4.74 Å². The SMILES string of the molecule is CC(N)C(OC1CCC(C)(C)CC1)c1cnn(C)c1. The second-order valence-corrected chi connectivity index (χ2v) is 6.73. The zero-order valence-corrected chi connectivity index (χ0v) is 12.6. The first-order valence-electron chi connectivity index (χ1n) is 7.27. The molecule has 1 heterocycles. The molecule has 1 aliphatic carbocycles. The van der Waals surface area contributed by atoms with Crippen LogP contribution in [0.3, 0.4) is 0 Å². The Morgan fingerprint density at radius 1 is 1.42 bits per heavy atom. The van der Waals surface area contributed by atoms with Gasteiger partial charge in [0, 0.05) is 24.8 Å². The molecule has 0 radical (unpaired) electrons. The van der Waals surface area contributed by atoms with Crippen molar-refractivity contribution in [3.8, 4) is 0 Å². The van der Waals surface area contributed by atoms with E-state index < -0.39 is 0 Å². The van der Waals surface area contributed by atoms with Crippen LogP contribution in [0.1, 0.15) is 58.1 Å². The summed E-state index contributed by atoms with van der Waals surface area (Å²) < 4.78 is 8.07. The minimum atomic E-state index is -0.0417. The Labute approximate surface area is 116 Å². The molecule has 0 amide bonds. The van der Waals surface area contributed by atoms with Crippen LogP contribution in [-0.4, -0.2) is 21.9 Å². The maximum absolute atomic E-state index is 6.27. The third kappa shape index (κ3) is 3.80. The standard InChI is InChI=1S/C15H27N3O/c1-11(16)14(12-9-17-18(4)10-12)19-13-5-7-15(2,3)8-6-13/h9-11,13-14H,5-8,16H2,1-4H3. The molecule has 0 aliphatic heterocycles. The molecule has 108 valence electrons. The van der Waals surface area contributed by atoms with Crippen LogP contribution in [-0.2, 0) is 11.8 Å². The van der Waals surface area contributed by atoms with Gasteiger partial charge in [-0.2, -0.15) is 5.10 Å². The highest BCUT2D eigenvalue weighted by atomic mass is 16.5. The van der Waals surface area contributed by atoms with Crippen LogP contribution in [0.4, 0.5) is 0 Å². The van der Waals surface area contributed by atoms with Gasteiger partial charge in [-0.15, -0.1) is 0 Å². The van der Waals surface area contributed by atoms with Crippen LogP contribution in [0.25, 0.3) is 0 Å².